The van der Waals surface area contributed by atoms with E-state index in [0.29, 0.717) is 5.75 Å². The first-order valence-electron chi connectivity index (χ1n) is 10.5. The van der Waals surface area contributed by atoms with E-state index >= 15 is 0 Å². The lowest BCUT2D eigenvalue weighted by molar-refractivity contribution is 0.0935. The molecule has 2 aromatic heterocycles. The van der Waals surface area contributed by atoms with Crippen LogP contribution in [0.1, 0.15) is 12.5 Å². The normalized spacial score (nSPS) is 12.3. The van der Waals surface area contributed by atoms with Crippen LogP contribution in [0.3, 0.4) is 0 Å². The van der Waals surface area contributed by atoms with Gasteiger partial charge in [0.15, 0.2) is 11.2 Å². The van der Waals surface area contributed by atoms with Crippen molar-refractivity contribution in [1.82, 2.24) is 19.1 Å². The number of aliphatic hydroxyl groups excluding tert-OH is 3. The Hall–Kier alpha value is -3.15. The van der Waals surface area contributed by atoms with Gasteiger partial charge in [-0.15, -0.1) is 0 Å². The standard InChI is InChI=1S/C21H29N5O6/c1-3-14-4-6-16(7-5-14)32-13-15(29)12-26-17-18(24(2)21(31)23-19(17)30)22-20(26)25(8-10-27)9-11-28/h4-7,15,27-29H,3,8-13H2,1-2H3,(H,23,30,31). The van der Waals surface area contributed by atoms with Crippen LogP contribution >= 0.6 is 0 Å². The van der Waals surface area contributed by atoms with Crippen LogP contribution in [0.5, 0.6) is 5.75 Å². The molecule has 0 radical (unpaired) electrons. The number of rotatable bonds is 11. The van der Waals surface area contributed by atoms with Gasteiger partial charge in [-0.25, -0.2) is 4.79 Å². The Labute approximate surface area is 184 Å². The number of benzene rings is 1. The van der Waals surface area contributed by atoms with Gasteiger partial charge < -0.3 is 29.5 Å². The summed E-state index contributed by atoms with van der Waals surface area (Å²) in [5.74, 6) is 0.862. The van der Waals surface area contributed by atoms with Crippen molar-refractivity contribution in [3.8, 4) is 5.75 Å². The molecule has 1 atom stereocenters. The van der Waals surface area contributed by atoms with Crippen molar-refractivity contribution in [2.75, 3.05) is 37.8 Å². The number of aromatic nitrogens is 4. The summed E-state index contributed by atoms with van der Waals surface area (Å²) in [6, 6.07) is 7.55. The highest BCUT2D eigenvalue weighted by molar-refractivity contribution is 5.74. The van der Waals surface area contributed by atoms with Crippen LogP contribution in [0.4, 0.5) is 5.95 Å². The number of nitrogens with zero attached hydrogens (tertiary/aromatic N) is 4. The molecule has 0 saturated carbocycles. The molecule has 11 heteroatoms. The summed E-state index contributed by atoms with van der Waals surface area (Å²) in [6.07, 6.45) is -0.0898. The topological polar surface area (TPSA) is 146 Å². The van der Waals surface area contributed by atoms with Crippen LogP contribution in [-0.4, -0.2) is 73.4 Å². The number of aromatic amines is 1. The van der Waals surface area contributed by atoms with Gasteiger partial charge in [-0.1, -0.05) is 19.1 Å². The first-order valence-corrected chi connectivity index (χ1v) is 10.5. The molecule has 3 rings (SSSR count). The van der Waals surface area contributed by atoms with E-state index in [2.05, 4.69) is 16.9 Å². The van der Waals surface area contributed by atoms with Crippen LogP contribution in [0.2, 0.25) is 0 Å². The number of ether oxygens (including phenoxy) is 1. The summed E-state index contributed by atoms with van der Waals surface area (Å²) < 4.78 is 8.36. The molecule has 0 amide bonds. The van der Waals surface area contributed by atoms with Crippen molar-refractivity contribution in [3.63, 3.8) is 0 Å². The zero-order valence-electron chi connectivity index (χ0n) is 18.2. The zero-order valence-corrected chi connectivity index (χ0v) is 18.2. The summed E-state index contributed by atoms with van der Waals surface area (Å²) in [6.45, 7) is 1.84. The number of aliphatic hydroxyl groups is 3. The predicted molar refractivity (Wildman–Crippen MR) is 119 cm³/mol. The van der Waals surface area contributed by atoms with Crippen LogP contribution in [0, 0.1) is 0 Å². The SMILES string of the molecule is CCc1ccc(OCC(O)Cn2c(N(CCO)CCO)nc3c2c(=O)[nH]c(=O)n3C)cc1. The number of aryl methyl sites for hydroxylation is 2. The van der Waals surface area contributed by atoms with Gasteiger partial charge in [0.05, 0.1) is 19.8 Å². The lowest BCUT2D eigenvalue weighted by Gasteiger charge is -2.24. The molecule has 0 spiro atoms. The van der Waals surface area contributed by atoms with Gasteiger partial charge in [-0.3, -0.25) is 14.3 Å². The smallest absolute Gasteiger partial charge is 0.329 e. The lowest BCUT2D eigenvalue weighted by atomic mass is 10.2. The highest BCUT2D eigenvalue weighted by atomic mass is 16.5. The van der Waals surface area contributed by atoms with E-state index in [1.165, 1.54) is 21.7 Å². The molecule has 11 nitrogen and oxygen atoms in total. The Kier molecular flexibility index (Phi) is 7.67. The third kappa shape index (κ3) is 5.01. The zero-order chi connectivity index (χ0) is 23.3. The minimum atomic E-state index is -1.00. The van der Waals surface area contributed by atoms with Crippen molar-refractivity contribution in [3.05, 3.63) is 50.7 Å². The van der Waals surface area contributed by atoms with E-state index in [9.17, 15) is 24.9 Å². The van der Waals surface area contributed by atoms with E-state index in [0.717, 1.165) is 6.42 Å². The first kappa shape index (κ1) is 23.5. The molecule has 1 aromatic carbocycles. The number of hydrogen-bond donors (Lipinski definition) is 4. The molecule has 3 aromatic rings. The second kappa shape index (κ2) is 10.4. The summed E-state index contributed by atoms with van der Waals surface area (Å²) in [4.78, 5) is 32.8. The molecule has 0 aliphatic carbocycles. The second-order valence-electron chi connectivity index (χ2n) is 7.41. The highest BCUT2D eigenvalue weighted by Crippen LogP contribution is 2.20. The van der Waals surface area contributed by atoms with Gasteiger partial charge in [0.1, 0.15) is 18.5 Å². The molecule has 0 aliphatic heterocycles. The molecule has 0 fully saturated rings. The van der Waals surface area contributed by atoms with Gasteiger partial charge in [0.2, 0.25) is 5.95 Å². The maximum atomic E-state index is 12.6. The average Bonchev–Trinajstić information content (AvgIpc) is 3.16. The monoisotopic (exact) mass is 447 g/mol. The quantitative estimate of drug-likeness (QED) is 0.299. The lowest BCUT2D eigenvalue weighted by Crippen LogP contribution is -2.34. The second-order valence-corrected chi connectivity index (χ2v) is 7.41. The molecule has 0 bridgehead atoms. The van der Waals surface area contributed by atoms with Gasteiger partial charge in [0.25, 0.3) is 5.56 Å². The Morgan fingerprint density at radius 1 is 1.16 bits per heavy atom. The van der Waals surface area contributed by atoms with Crippen molar-refractivity contribution in [2.24, 2.45) is 7.05 Å². The molecule has 4 N–H and O–H groups in total. The Morgan fingerprint density at radius 3 is 2.41 bits per heavy atom. The van der Waals surface area contributed by atoms with Gasteiger partial charge >= 0.3 is 5.69 Å². The summed E-state index contributed by atoms with van der Waals surface area (Å²) in [5.41, 5.74) is 0.157. The molecule has 2 heterocycles. The fraction of sp³-hybridized carbons (Fsp3) is 0.476. The van der Waals surface area contributed by atoms with Crippen molar-refractivity contribution in [1.29, 1.82) is 0 Å². The molecular formula is C21H29N5O6. The van der Waals surface area contributed by atoms with Gasteiger partial charge in [-0.2, -0.15) is 4.98 Å². The van der Waals surface area contributed by atoms with Crippen LogP contribution in [0.25, 0.3) is 11.2 Å². The first-order chi connectivity index (χ1) is 15.4. The molecule has 32 heavy (non-hydrogen) atoms. The van der Waals surface area contributed by atoms with E-state index in [-0.39, 0.29) is 56.6 Å². The van der Waals surface area contributed by atoms with E-state index in [1.807, 2.05) is 24.3 Å². The fourth-order valence-electron chi connectivity index (χ4n) is 3.47. The summed E-state index contributed by atoms with van der Waals surface area (Å²) >= 11 is 0. The number of nitrogens with one attached hydrogen (secondary N) is 1. The maximum Gasteiger partial charge on any atom is 0.329 e. The third-order valence-corrected chi connectivity index (χ3v) is 5.18. The van der Waals surface area contributed by atoms with E-state index in [4.69, 9.17) is 4.74 Å². The minimum Gasteiger partial charge on any atom is -0.491 e. The predicted octanol–water partition coefficient (Wildman–Crippen LogP) is -0.783. The van der Waals surface area contributed by atoms with Crippen molar-refractivity contribution < 1.29 is 20.1 Å². The number of imidazole rings is 1. The third-order valence-electron chi connectivity index (χ3n) is 5.18. The van der Waals surface area contributed by atoms with Gasteiger partial charge in [-0.05, 0) is 24.1 Å². The Morgan fingerprint density at radius 2 is 1.81 bits per heavy atom. The fourth-order valence-corrected chi connectivity index (χ4v) is 3.47. The minimum absolute atomic E-state index is 0.0335. The maximum absolute atomic E-state index is 12.6. The average molecular weight is 447 g/mol. The molecule has 0 aliphatic rings. The van der Waals surface area contributed by atoms with Gasteiger partial charge in [0, 0.05) is 20.1 Å². The number of fused-ring (bicyclic) bond motifs is 1. The molecular weight excluding hydrogens is 418 g/mol. The molecule has 174 valence electrons. The van der Waals surface area contributed by atoms with Crippen LogP contribution < -0.4 is 20.9 Å². The summed E-state index contributed by atoms with van der Waals surface area (Å²) in [7, 11) is 1.48. The van der Waals surface area contributed by atoms with E-state index in [1.54, 1.807) is 4.90 Å². The number of anilines is 1. The van der Waals surface area contributed by atoms with E-state index < -0.39 is 17.4 Å². The molecule has 0 saturated heterocycles. The highest BCUT2D eigenvalue weighted by Gasteiger charge is 2.23. The number of hydrogen-bond acceptors (Lipinski definition) is 8. The van der Waals surface area contributed by atoms with Crippen molar-refractivity contribution in [2.45, 2.75) is 26.0 Å². The molecule has 1 unspecified atom stereocenters. The Bertz CT molecular complexity index is 1140. The summed E-state index contributed by atoms with van der Waals surface area (Å²) in [5, 5.41) is 29.5. The van der Waals surface area contributed by atoms with Crippen LogP contribution in [-0.2, 0) is 20.0 Å². The van der Waals surface area contributed by atoms with Crippen LogP contribution in [0.15, 0.2) is 33.9 Å². The van der Waals surface area contributed by atoms with Crippen molar-refractivity contribution >= 4 is 17.1 Å². The Balaban J connectivity index is 1.93. The largest absolute Gasteiger partial charge is 0.491 e. The number of H-pyrrole nitrogens is 1.